The minimum absolute atomic E-state index is 0.619. The van der Waals surface area contributed by atoms with Crippen molar-refractivity contribution in [2.45, 2.75) is 33.9 Å². The number of nitrogens with zero attached hydrogens (tertiary/aromatic N) is 3. The highest BCUT2D eigenvalue weighted by Gasteiger charge is 2.09. The molecule has 3 aromatic rings. The molecule has 0 aliphatic rings. The lowest BCUT2D eigenvalue weighted by Crippen LogP contribution is -2.36. The lowest BCUT2D eigenvalue weighted by Gasteiger charge is -2.10. The molecule has 132 valence electrons. The van der Waals surface area contributed by atoms with Crippen LogP contribution in [-0.4, -0.2) is 27.3 Å². The second-order valence-electron chi connectivity index (χ2n) is 6.20. The summed E-state index contributed by atoms with van der Waals surface area (Å²) in [6.07, 6.45) is 0. The van der Waals surface area contributed by atoms with Gasteiger partial charge in [-0.15, -0.1) is 0 Å². The van der Waals surface area contributed by atoms with Crippen LogP contribution in [0.1, 0.15) is 29.6 Å². The molecule has 0 fully saturated rings. The van der Waals surface area contributed by atoms with E-state index in [1.54, 1.807) is 0 Å². The number of fused-ring (bicyclic) bond motifs is 1. The second-order valence-corrected chi connectivity index (χ2v) is 6.20. The first-order valence-corrected chi connectivity index (χ1v) is 8.66. The van der Waals surface area contributed by atoms with Crippen LogP contribution < -0.4 is 10.6 Å². The molecule has 0 atom stereocenters. The molecule has 0 aliphatic carbocycles. The average molecular weight is 338 g/mol. The molecule has 0 saturated heterocycles. The van der Waals surface area contributed by atoms with Crippen LogP contribution in [0.25, 0.3) is 10.9 Å². The summed E-state index contributed by atoms with van der Waals surface area (Å²) in [6.45, 7) is 8.32. The molecule has 2 aromatic heterocycles. The van der Waals surface area contributed by atoms with Crippen LogP contribution in [0.5, 0.6) is 0 Å². The van der Waals surface area contributed by atoms with E-state index in [1.807, 2.05) is 24.7 Å². The van der Waals surface area contributed by atoms with Crippen LogP contribution in [0.2, 0.25) is 0 Å². The quantitative estimate of drug-likeness (QED) is 0.495. The van der Waals surface area contributed by atoms with Crippen molar-refractivity contribution in [2.24, 2.45) is 12.0 Å². The number of hydrogen-bond acceptors (Lipinski definition) is 2. The Morgan fingerprint density at radius 3 is 2.72 bits per heavy atom. The molecule has 0 unspecified atom stereocenters. The lowest BCUT2D eigenvalue weighted by molar-refractivity contribution is 0.730. The fraction of sp³-hybridized carbons (Fsp3) is 0.368. The van der Waals surface area contributed by atoms with Gasteiger partial charge in [-0.3, -0.25) is 4.68 Å². The summed E-state index contributed by atoms with van der Waals surface area (Å²) in [5.74, 6) is 0.809. The Balaban J connectivity index is 1.70. The molecule has 0 bridgehead atoms. The topological polar surface area (TPSA) is 70.0 Å². The maximum absolute atomic E-state index is 4.71. The van der Waals surface area contributed by atoms with E-state index in [4.69, 9.17) is 4.99 Å². The van der Waals surface area contributed by atoms with Crippen molar-refractivity contribution >= 4 is 16.9 Å². The van der Waals surface area contributed by atoms with Crippen LogP contribution in [0, 0.1) is 13.8 Å². The molecule has 6 nitrogen and oxygen atoms in total. The van der Waals surface area contributed by atoms with Crippen LogP contribution in [0.3, 0.4) is 0 Å². The van der Waals surface area contributed by atoms with Gasteiger partial charge >= 0.3 is 0 Å². The molecule has 0 radical (unpaired) electrons. The smallest absolute Gasteiger partial charge is 0.191 e. The molecule has 3 N–H and O–H groups in total. The van der Waals surface area contributed by atoms with E-state index >= 15 is 0 Å². The number of H-pyrrole nitrogens is 1. The molecule has 0 spiro atoms. The molecule has 3 rings (SSSR count). The van der Waals surface area contributed by atoms with Crippen LogP contribution in [0.15, 0.2) is 35.3 Å². The van der Waals surface area contributed by atoms with Crippen molar-refractivity contribution in [2.75, 3.05) is 6.54 Å². The Labute approximate surface area is 148 Å². The van der Waals surface area contributed by atoms with E-state index in [2.05, 4.69) is 58.8 Å². The van der Waals surface area contributed by atoms with E-state index in [-0.39, 0.29) is 0 Å². The number of aromatic amines is 1. The molecular formula is C19H26N6. The Morgan fingerprint density at radius 2 is 2.04 bits per heavy atom. The van der Waals surface area contributed by atoms with Gasteiger partial charge < -0.3 is 15.6 Å². The van der Waals surface area contributed by atoms with E-state index < -0.39 is 0 Å². The van der Waals surface area contributed by atoms with E-state index in [0.29, 0.717) is 13.1 Å². The third-order valence-electron chi connectivity index (χ3n) is 4.43. The molecule has 0 saturated carbocycles. The van der Waals surface area contributed by atoms with Gasteiger partial charge in [0.15, 0.2) is 5.96 Å². The number of aromatic nitrogens is 3. The highest BCUT2D eigenvalue weighted by Crippen LogP contribution is 2.15. The van der Waals surface area contributed by atoms with E-state index in [0.717, 1.165) is 35.1 Å². The number of guanidine groups is 1. The Kier molecular flexibility index (Phi) is 5.07. The van der Waals surface area contributed by atoms with Crippen LogP contribution in [0.4, 0.5) is 0 Å². The number of para-hydroxylation sites is 1. The predicted molar refractivity (Wildman–Crippen MR) is 103 cm³/mol. The van der Waals surface area contributed by atoms with Gasteiger partial charge in [-0.05, 0) is 38.3 Å². The van der Waals surface area contributed by atoms with Crippen LogP contribution >= 0.6 is 0 Å². The zero-order valence-corrected chi connectivity index (χ0v) is 15.3. The number of benzene rings is 1. The van der Waals surface area contributed by atoms with Gasteiger partial charge in [0, 0.05) is 36.1 Å². The first-order chi connectivity index (χ1) is 12.1. The predicted octanol–water partition coefficient (Wildman–Crippen LogP) is 2.77. The van der Waals surface area contributed by atoms with Crippen molar-refractivity contribution in [3.63, 3.8) is 0 Å². The van der Waals surface area contributed by atoms with Gasteiger partial charge in [0.1, 0.15) is 0 Å². The number of aryl methyl sites for hydroxylation is 2. The monoisotopic (exact) mass is 338 g/mol. The lowest BCUT2D eigenvalue weighted by atomic mass is 10.2. The largest absolute Gasteiger partial charge is 0.357 e. The summed E-state index contributed by atoms with van der Waals surface area (Å²) in [5, 5.41) is 12.4. The maximum Gasteiger partial charge on any atom is 0.191 e. The maximum atomic E-state index is 4.71. The van der Waals surface area contributed by atoms with E-state index in [9.17, 15) is 0 Å². The summed E-state index contributed by atoms with van der Waals surface area (Å²) < 4.78 is 1.91. The Bertz CT molecular complexity index is 854. The number of hydrogen-bond donors (Lipinski definition) is 3. The molecule has 6 heteroatoms. The van der Waals surface area contributed by atoms with Gasteiger partial charge in [0.2, 0.25) is 0 Å². The van der Waals surface area contributed by atoms with Gasteiger partial charge in [0.05, 0.1) is 18.8 Å². The fourth-order valence-electron chi connectivity index (χ4n) is 2.95. The summed E-state index contributed by atoms with van der Waals surface area (Å²) in [6, 6.07) is 10.5. The van der Waals surface area contributed by atoms with Crippen molar-refractivity contribution in [3.05, 3.63) is 53.0 Å². The van der Waals surface area contributed by atoms with Crippen molar-refractivity contribution in [1.29, 1.82) is 0 Å². The summed E-state index contributed by atoms with van der Waals surface area (Å²) >= 11 is 0. The van der Waals surface area contributed by atoms with Gasteiger partial charge in [-0.2, -0.15) is 5.10 Å². The third kappa shape index (κ3) is 3.84. The minimum Gasteiger partial charge on any atom is -0.357 e. The zero-order valence-electron chi connectivity index (χ0n) is 15.3. The number of nitrogens with one attached hydrogen (secondary N) is 3. The summed E-state index contributed by atoms with van der Waals surface area (Å²) in [7, 11) is 1.97. The second kappa shape index (κ2) is 7.42. The average Bonchev–Trinajstić information content (AvgIpc) is 3.11. The SMILES string of the molecule is CCNC(=NCc1c(C)nn(C)c1C)NCc1cc2ccccc2[nH]1. The molecule has 2 heterocycles. The fourth-order valence-corrected chi connectivity index (χ4v) is 2.95. The Morgan fingerprint density at radius 1 is 1.24 bits per heavy atom. The third-order valence-corrected chi connectivity index (χ3v) is 4.43. The first kappa shape index (κ1) is 17.1. The zero-order chi connectivity index (χ0) is 17.8. The molecule has 0 amide bonds. The van der Waals surface area contributed by atoms with Gasteiger partial charge in [0.25, 0.3) is 0 Å². The van der Waals surface area contributed by atoms with Crippen molar-refractivity contribution < 1.29 is 0 Å². The highest BCUT2D eigenvalue weighted by atomic mass is 15.3. The number of rotatable bonds is 5. The highest BCUT2D eigenvalue weighted by molar-refractivity contribution is 5.81. The van der Waals surface area contributed by atoms with Crippen molar-refractivity contribution in [1.82, 2.24) is 25.4 Å². The van der Waals surface area contributed by atoms with E-state index in [1.165, 1.54) is 10.9 Å². The molecule has 0 aliphatic heterocycles. The van der Waals surface area contributed by atoms with Gasteiger partial charge in [-0.25, -0.2) is 4.99 Å². The summed E-state index contributed by atoms with van der Waals surface area (Å²) in [5.41, 5.74) is 5.68. The first-order valence-electron chi connectivity index (χ1n) is 8.66. The Hall–Kier alpha value is -2.76. The summed E-state index contributed by atoms with van der Waals surface area (Å²) in [4.78, 5) is 8.14. The minimum atomic E-state index is 0.619. The van der Waals surface area contributed by atoms with Gasteiger partial charge in [-0.1, -0.05) is 18.2 Å². The normalized spacial score (nSPS) is 11.9. The van der Waals surface area contributed by atoms with Crippen molar-refractivity contribution in [3.8, 4) is 0 Å². The number of aliphatic imine (C=N–C) groups is 1. The molecule has 25 heavy (non-hydrogen) atoms. The van der Waals surface area contributed by atoms with Crippen LogP contribution in [-0.2, 0) is 20.1 Å². The standard InChI is InChI=1S/C19H26N6/c1-5-20-19(22-12-17-13(2)24-25(4)14(17)3)21-11-16-10-15-8-6-7-9-18(15)23-16/h6-10,23H,5,11-12H2,1-4H3,(H2,20,21,22). The molecular weight excluding hydrogens is 312 g/mol. The molecule has 1 aromatic carbocycles.